The van der Waals surface area contributed by atoms with Gasteiger partial charge in [0.2, 0.25) is 15.9 Å². The lowest BCUT2D eigenvalue weighted by molar-refractivity contribution is -0.120. The van der Waals surface area contributed by atoms with E-state index in [1.807, 2.05) is 0 Å². The minimum atomic E-state index is -3.73. The van der Waals surface area contributed by atoms with Crippen LogP contribution in [0.2, 0.25) is 5.02 Å². The van der Waals surface area contributed by atoms with Gasteiger partial charge in [-0.1, -0.05) is 17.7 Å². The number of nitrogens with one attached hydrogen (secondary N) is 1. The molecule has 2 aromatic rings. The highest BCUT2D eigenvalue weighted by Gasteiger charge is 2.32. The van der Waals surface area contributed by atoms with Gasteiger partial charge in [-0.15, -0.1) is 0 Å². The van der Waals surface area contributed by atoms with Crippen LogP contribution in [0.1, 0.15) is 18.4 Å². The molecular weight excluding hydrogens is 419 g/mol. The number of hydrogen-bond donors (Lipinski definition) is 1. The number of anilines is 1. The van der Waals surface area contributed by atoms with Crippen molar-refractivity contribution >= 4 is 33.2 Å². The standard InChI is InChI=1S/C20H22ClFN2O4S/c1-28-16-7-5-15(6-8-16)23-20(25)14-9-11-24(12-10-14)29(26,27)13-17-18(21)3-2-4-19(17)22/h2-8,14H,9-13H2,1H3,(H,23,25). The van der Waals surface area contributed by atoms with E-state index in [9.17, 15) is 17.6 Å². The minimum absolute atomic E-state index is 0.0338. The number of ether oxygens (including phenoxy) is 1. The lowest BCUT2D eigenvalue weighted by Crippen LogP contribution is -2.42. The first kappa shape index (κ1) is 21.5. The normalized spacial score (nSPS) is 15.8. The number of benzene rings is 2. The average Bonchev–Trinajstić information content (AvgIpc) is 2.71. The Labute approximate surface area is 174 Å². The van der Waals surface area contributed by atoms with Crippen LogP contribution in [0.15, 0.2) is 42.5 Å². The average molecular weight is 441 g/mol. The second-order valence-corrected chi connectivity index (χ2v) is 9.22. The van der Waals surface area contributed by atoms with Gasteiger partial charge < -0.3 is 10.1 Å². The van der Waals surface area contributed by atoms with Crippen molar-refractivity contribution in [2.45, 2.75) is 18.6 Å². The molecule has 0 radical (unpaired) electrons. The molecule has 9 heteroatoms. The summed E-state index contributed by atoms with van der Waals surface area (Å²) in [6.45, 7) is 0.407. The number of sulfonamides is 1. The maximum Gasteiger partial charge on any atom is 0.227 e. The lowest BCUT2D eigenvalue weighted by atomic mass is 9.97. The minimum Gasteiger partial charge on any atom is -0.497 e. The third kappa shape index (κ3) is 5.26. The van der Waals surface area contributed by atoms with Crippen LogP contribution >= 0.6 is 11.6 Å². The fourth-order valence-corrected chi connectivity index (χ4v) is 5.18. The summed E-state index contributed by atoms with van der Waals surface area (Å²) in [5, 5.41) is 2.93. The third-order valence-electron chi connectivity index (χ3n) is 4.96. The fraction of sp³-hybridized carbons (Fsp3) is 0.350. The van der Waals surface area contributed by atoms with Crippen molar-refractivity contribution in [3.63, 3.8) is 0 Å². The Bertz CT molecular complexity index is 954. The number of nitrogens with zero attached hydrogens (tertiary/aromatic N) is 1. The van der Waals surface area contributed by atoms with E-state index in [1.54, 1.807) is 31.4 Å². The van der Waals surface area contributed by atoms with Crippen molar-refractivity contribution in [2.75, 3.05) is 25.5 Å². The van der Waals surface area contributed by atoms with Crippen molar-refractivity contribution in [2.24, 2.45) is 5.92 Å². The van der Waals surface area contributed by atoms with Gasteiger partial charge in [0.25, 0.3) is 0 Å². The van der Waals surface area contributed by atoms with Crippen LogP contribution in [0, 0.1) is 11.7 Å². The van der Waals surface area contributed by atoms with Crippen molar-refractivity contribution in [1.82, 2.24) is 4.31 Å². The van der Waals surface area contributed by atoms with Crippen LogP contribution in [-0.4, -0.2) is 38.8 Å². The Morgan fingerprint density at radius 3 is 2.45 bits per heavy atom. The molecule has 29 heavy (non-hydrogen) atoms. The summed E-state index contributed by atoms with van der Waals surface area (Å²) in [5.74, 6) is -0.891. The van der Waals surface area contributed by atoms with E-state index in [0.717, 1.165) is 0 Å². The maximum atomic E-state index is 13.9. The molecule has 0 aliphatic carbocycles. The molecule has 2 aromatic carbocycles. The molecule has 0 aromatic heterocycles. The van der Waals surface area contributed by atoms with E-state index in [-0.39, 0.29) is 35.5 Å². The van der Waals surface area contributed by atoms with Crippen LogP contribution in [0.25, 0.3) is 0 Å². The van der Waals surface area contributed by atoms with Gasteiger partial charge in [0, 0.05) is 35.3 Å². The predicted molar refractivity (Wildman–Crippen MR) is 110 cm³/mol. The SMILES string of the molecule is COc1ccc(NC(=O)C2CCN(S(=O)(=O)Cc3c(F)cccc3Cl)CC2)cc1. The summed E-state index contributed by atoms with van der Waals surface area (Å²) >= 11 is 5.95. The summed E-state index contributed by atoms with van der Waals surface area (Å²) in [4.78, 5) is 12.5. The van der Waals surface area contributed by atoms with Crippen LogP contribution in [0.5, 0.6) is 5.75 Å². The van der Waals surface area contributed by atoms with Crippen molar-refractivity contribution in [3.05, 3.63) is 58.9 Å². The number of hydrogen-bond acceptors (Lipinski definition) is 4. The number of carbonyl (C=O) groups excluding carboxylic acids is 1. The van der Waals surface area contributed by atoms with Gasteiger partial charge in [0.1, 0.15) is 11.6 Å². The van der Waals surface area contributed by atoms with Gasteiger partial charge >= 0.3 is 0 Å². The molecule has 6 nitrogen and oxygen atoms in total. The van der Waals surface area contributed by atoms with E-state index < -0.39 is 21.6 Å². The topological polar surface area (TPSA) is 75.7 Å². The zero-order valence-electron chi connectivity index (χ0n) is 15.9. The Balaban J connectivity index is 1.58. The Morgan fingerprint density at radius 1 is 1.21 bits per heavy atom. The summed E-state index contributed by atoms with van der Waals surface area (Å²) in [7, 11) is -2.17. The van der Waals surface area contributed by atoms with Gasteiger partial charge in [-0.2, -0.15) is 0 Å². The first-order chi connectivity index (χ1) is 13.8. The molecule has 0 saturated carbocycles. The summed E-state index contributed by atoms with van der Waals surface area (Å²) in [6.07, 6.45) is 0.790. The van der Waals surface area contributed by atoms with E-state index in [4.69, 9.17) is 16.3 Å². The Kier molecular flexibility index (Phi) is 6.77. The molecule has 1 saturated heterocycles. The smallest absolute Gasteiger partial charge is 0.227 e. The van der Waals surface area contributed by atoms with Crippen molar-refractivity contribution in [1.29, 1.82) is 0 Å². The van der Waals surface area contributed by atoms with Crippen molar-refractivity contribution < 1.29 is 22.3 Å². The van der Waals surface area contributed by atoms with E-state index in [2.05, 4.69) is 5.32 Å². The zero-order chi connectivity index (χ0) is 21.0. The second-order valence-electron chi connectivity index (χ2n) is 6.85. The van der Waals surface area contributed by atoms with E-state index in [0.29, 0.717) is 24.3 Å². The van der Waals surface area contributed by atoms with Crippen LogP contribution < -0.4 is 10.1 Å². The highest BCUT2D eigenvalue weighted by atomic mass is 35.5. The molecule has 1 aliphatic rings. The Morgan fingerprint density at radius 2 is 1.86 bits per heavy atom. The molecule has 1 amide bonds. The zero-order valence-corrected chi connectivity index (χ0v) is 17.5. The van der Waals surface area contributed by atoms with Crippen LogP contribution in [0.4, 0.5) is 10.1 Å². The molecule has 0 unspecified atom stereocenters. The molecule has 156 valence electrons. The number of carbonyl (C=O) groups is 1. The highest BCUT2D eigenvalue weighted by Crippen LogP contribution is 2.26. The Hall–Kier alpha value is -2.16. The largest absolute Gasteiger partial charge is 0.497 e. The first-order valence-corrected chi connectivity index (χ1v) is 11.1. The fourth-order valence-electron chi connectivity index (χ4n) is 3.26. The number of piperidine rings is 1. The quantitative estimate of drug-likeness (QED) is 0.743. The summed E-state index contributed by atoms with van der Waals surface area (Å²) in [5.41, 5.74) is 0.619. The van der Waals surface area contributed by atoms with Crippen LogP contribution in [-0.2, 0) is 20.6 Å². The maximum absolute atomic E-state index is 13.9. The second kappa shape index (κ2) is 9.11. The van der Waals surface area contributed by atoms with Gasteiger partial charge in [-0.25, -0.2) is 17.1 Å². The van der Waals surface area contributed by atoms with Gasteiger partial charge in [-0.05, 0) is 49.2 Å². The lowest BCUT2D eigenvalue weighted by Gasteiger charge is -2.30. The molecule has 1 aliphatic heterocycles. The summed E-state index contributed by atoms with van der Waals surface area (Å²) < 4.78 is 45.7. The van der Waals surface area contributed by atoms with Crippen molar-refractivity contribution in [3.8, 4) is 5.75 Å². The van der Waals surface area contributed by atoms with Gasteiger partial charge in [0.05, 0.1) is 12.9 Å². The molecule has 0 bridgehead atoms. The third-order valence-corrected chi connectivity index (χ3v) is 7.12. The van der Waals surface area contributed by atoms with E-state index >= 15 is 0 Å². The van der Waals surface area contributed by atoms with Gasteiger partial charge in [-0.3, -0.25) is 4.79 Å². The van der Waals surface area contributed by atoms with Gasteiger partial charge in [0.15, 0.2) is 0 Å². The molecule has 3 rings (SSSR count). The highest BCUT2D eigenvalue weighted by molar-refractivity contribution is 7.88. The molecular formula is C20H22ClFN2O4S. The van der Waals surface area contributed by atoms with Crippen LogP contribution in [0.3, 0.4) is 0 Å². The molecule has 0 spiro atoms. The number of amides is 1. The number of rotatable bonds is 6. The first-order valence-electron chi connectivity index (χ1n) is 9.16. The molecule has 0 atom stereocenters. The van der Waals surface area contributed by atoms with E-state index in [1.165, 1.54) is 22.5 Å². The predicted octanol–water partition coefficient (Wildman–Crippen LogP) is 3.67. The molecule has 1 fully saturated rings. The molecule has 1 heterocycles. The number of halogens is 2. The molecule has 1 N–H and O–H groups in total. The summed E-state index contributed by atoms with van der Waals surface area (Å²) in [6, 6.07) is 11.1. The monoisotopic (exact) mass is 440 g/mol. The number of methoxy groups -OCH3 is 1.